The molecule has 0 aliphatic carbocycles. The summed E-state index contributed by atoms with van der Waals surface area (Å²) >= 11 is 0. The maximum absolute atomic E-state index is 11.7. The molecule has 15 heteroatoms. The smallest absolute Gasteiger partial charge is 0.854 e. The van der Waals surface area contributed by atoms with Crippen LogP contribution in [0.15, 0.2) is 0 Å². The van der Waals surface area contributed by atoms with E-state index in [2.05, 4.69) is 0 Å². The molecular weight excluding hydrogens is 656 g/mol. The van der Waals surface area contributed by atoms with Gasteiger partial charge in [-0.15, -0.1) is 13.2 Å². The van der Waals surface area contributed by atoms with Crippen LogP contribution in [0.4, 0.5) is 0 Å². The van der Waals surface area contributed by atoms with Crippen molar-refractivity contribution in [3.05, 3.63) is 0 Å². The molecule has 0 unspecified atom stereocenters. The molecule has 0 aromatic rings. The fourth-order valence-electron chi connectivity index (χ4n) is 4.59. The summed E-state index contributed by atoms with van der Waals surface area (Å²) in [6.07, 6.45) is 13.9. The van der Waals surface area contributed by atoms with Gasteiger partial charge in [0.2, 0.25) is 0 Å². The number of aliphatic hydroxyl groups is 4. The first kappa shape index (κ1) is 49.7. The van der Waals surface area contributed by atoms with Crippen LogP contribution < -0.4 is 10.2 Å². The van der Waals surface area contributed by atoms with Gasteiger partial charge in [0.25, 0.3) is 0 Å². The number of hydrogen-bond donors (Lipinski definition) is 4. The quantitative estimate of drug-likeness (QED) is 0.0345. The number of rotatable bonds is 30. The van der Waals surface area contributed by atoms with Crippen LogP contribution in [0.25, 0.3) is 0 Å². The Balaban J connectivity index is -0.000000883. The number of esters is 4. The number of carbonyl (C=O) groups is 4. The molecule has 0 fully saturated rings. The summed E-state index contributed by atoms with van der Waals surface area (Å²) in [4.78, 5) is 43.7. The zero-order chi connectivity index (χ0) is 34.7. The van der Waals surface area contributed by atoms with Gasteiger partial charge in [0.15, 0.2) is 0 Å². The predicted octanol–water partition coefficient (Wildman–Crippen LogP) is 0.594. The molecule has 0 bridgehead atoms. The van der Waals surface area contributed by atoms with Crippen molar-refractivity contribution in [3.63, 3.8) is 0 Å². The van der Waals surface area contributed by atoms with Crippen molar-refractivity contribution in [1.82, 2.24) is 0 Å². The maximum Gasteiger partial charge on any atom is 2.00 e. The number of carbonyl (C=O) groups excluding carboxylic acids is 4. The maximum atomic E-state index is 11.7. The van der Waals surface area contributed by atoms with Gasteiger partial charge in [-0.3, -0.25) is 0 Å². The fourth-order valence-corrected chi connectivity index (χ4v) is 4.59. The second-order valence-electron chi connectivity index (χ2n) is 10.9. The van der Waals surface area contributed by atoms with Crippen LogP contribution in [0.1, 0.15) is 116 Å². The molecule has 0 rings (SSSR count). The van der Waals surface area contributed by atoms with Crippen LogP contribution in [0.3, 0.4) is 0 Å². The Morgan fingerprint density at radius 1 is 0.426 bits per heavy atom. The van der Waals surface area contributed by atoms with Crippen LogP contribution in [0.5, 0.6) is 0 Å². The Labute approximate surface area is 294 Å². The van der Waals surface area contributed by atoms with Crippen LogP contribution >= 0.6 is 0 Å². The molecule has 0 radical (unpaired) electrons. The van der Waals surface area contributed by atoms with Gasteiger partial charge < -0.3 is 49.6 Å². The van der Waals surface area contributed by atoms with E-state index in [9.17, 15) is 29.4 Å². The van der Waals surface area contributed by atoms with E-state index >= 15 is 0 Å². The molecule has 0 aliphatic rings. The first-order valence-electron chi connectivity index (χ1n) is 16.5. The Morgan fingerprint density at radius 2 is 0.702 bits per heavy atom. The van der Waals surface area contributed by atoms with Gasteiger partial charge in [-0.25, -0.2) is 19.2 Å². The van der Waals surface area contributed by atoms with Gasteiger partial charge >= 0.3 is 45.6 Å². The first-order valence-corrected chi connectivity index (χ1v) is 16.5. The molecule has 0 aliphatic heterocycles. The summed E-state index contributed by atoms with van der Waals surface area (Å²) in [6, 6.07) is 0. The van der Waals surface area contributed by atoms with E-state index in [-0.39, 0.29) is 34.9 Å². The van der Waals surface area contributed by atoms with Gasteiger partial charge in [0.1, 0.15) is 32.0 Å². The number of unbranched alkanes of at least 4 members (excludes halogenated alkanes) is 11. The van der Waals surface area contributed by atoms with Crippen molar-refractivity contribution in [3.8, 4) is 0 Å². The molecule has 274 valence electrons. The minimum absolute atomic E-state index is 0. The Kier molecular flexibility index (Phi) is 39.3. The largest absolute Gasteiger partial charge is 2.00 e. The van der Waals surface area contributed by atoms with Crippen molar-refractivity contribution >= 4 is 23.9 Å². The number of aliphatic hydroxyl groups excluding tert-OH is 4. The van der Waals surface area contributed by atoms with E-state index < -0.39 is 55.9 Å². The SMILES string of the molecule is O=C(CO)OCCCCCCCC(CCCC[O-])(CCCC[O-])OC(=O)CO.O=C(CO)OCCCCCCCCOC(=O)CO.[Ti+2]. The van der Waals surface area contributed by atoms with Crippen molar-refractivity contribution in [2.45, 2.75) is 121 Å². The van der Waals surface area contributed by atoms with Gasteiger partial charge in [-0.05, 0) is 44.9 Å². The zero-order valence-electron chi connectivity index (χ0n) is 28.0. The van der Waals surface area contributed by atoms with E-state index in [4.69, 9.17) is 39.4 Å². The summed E-state index contributed by atoms with van der Waals surface area (Å²) in [5.41, 5.74) is -0.721. The predicted molar refractivity (Wildman–Crippen MR) is 163 cm³/mol. The standard InChI is InChI=1S/C20H36O8.C12H22O6.Ti/c21-13-7-5-11-20(12-6-8-14-22,28-19(26)17-24)10-4-2-1-3-9-15-27-18(25)16-23;13-9-11(15)17-7-5-3-1-2-4-6-8-18-12(16)10-14;/h23-24H,1-17H2;13-14H,1-10H2;/q-2;;+2. The van der Waals surface area contributed by atoms with Crippen LogP contribution in [0, 0.1) is 0 Å². The normalized spacial score (nSPS) is 10.7. The third-order valence-corrected chi connectivity index (χ3v) is 7.00. The summed E-state index contributed by atoms with van der Waals surface area (Å²) in [6.45, 7) is -1.76. The second-order valence-corrected chi connectivity index (χ2v) is 10.9. The van der Waals surface area contributed by atoms with Crippen molar-refractivity contribution in [2.75, 3.05) is 59.5 Å². The zero-order valence-corrected chi connectivity index (χ0v) is 29.5. The molecule has 0 saturated heterocycles. The summed E-state index contributed by atoms with van der Waals surface area (Å²) in [7, 11) is 0. The number of hydrogen-bond acceptors (Lipinski definition) is 14. The third kappa shape index (κ3) is 34.0. The van der Waals surface area contributed by atoms with Gasteiger partial charge in [0, 0.05) is 0 Å². The van der Waals surface area contributed by atoms with Crippen molar-refractivity contribution in [2.24, 2.45) is 0 Å². The molecule has 0 aromatic heterocycles. The first-order chi connectivity index (χ1) is 22.2. The second kappa shape index (κ2) is 37.2. The van der Waals surface area contributed by atoms with Crippen LogP contribution in [-0.4, -0.2) is 109 Å². The Hall–Kier alpha value is -1.65. The van der Waals surface area contributed by atoms with E-state index in [0.29, 0.717) is 64.8 Å². The van der Waals surface area contributed by atoms with Crippen molar-refractivity contribution in [1.29, 1.82) is 0 Å². The molecule has 0 aromatic carbocycles. The summed E-state index contributed by atoms with van der Waals surface area (Å²) < 4.78 is 19.8. The van der Waals surface area contributed by atoms with Crippen LogP contribution in [-0.2, 0) is 59.8 Å². The molecular formula is C32H58O14Ti. The van der Waals surface area contributed by atoms with E-state index in [1.165, 1.54) is 0 Å². The van der Waals surface area contributed by atoms with E-state index in [1.54, 1.807) is 0 Å². The van der Waals surface area contributed by atoms with Crippen LogP contribution in [0.2, 0.25) is 0 Å². The summed E-state index contributed by atoms with van der Waals surface area (Å²) in [5, 5.41) is 55.9. The van der Waals surface area contributed by atoms with E-state index in [0.717, 1.165) is 70.6 Å². The van der Waals surface area contributed by atoms with Gasteiger partial charge in [0.05, 0.1) is 19.8 Å². The average Bonchev–Trinajstić information content (AvgIpc) is 3.06. The topological polar surface area (TPSA) is 232 Å². The molecule has 0 saturated carbocycles. The third-order valence-electron chi connectivity index (χ3n) is 7.00. The minimum atomic E-state index is -0.721. The molecule has 4 N–H and O–H groups in total. The Morgan fingerprint density at radius 3 is 1.00 bits per heavy atom. The molecule has 0 atom stereocenters. The number of ether oxygens (including phenoxy) is 4. The van der Waals surface area contributed by atoms with Crippen molar-refractivity contribution < 1.29 is 90.5 Å². The molecule has 0 amide bonds. The van der Waals surface area contributed by atoms with Gasteiger partial charge in [-0.2, -0.15) is 0 Å². The van der Waals surface area contributed by atoms with E-state index in [1.807, 2.05) is 0 Å². The molecule has 47 heavy (non-hydrogen) atoms. The molecule has 0 heterocycles. The monoisotopic (exact) mass is 714 g/mol. The van der Waals surface area contributed by atoms with Gasteiger partial charge in [-0.1, -0.05) is 70.6 Å². The minimum Gasteiger partial charge on any atom is -0.854 e. The molecule has 14 nitrogen and oxygen atoms in total. The average molecular weight is 715 g/mol. The fraction of sp³-hybridized carbons (Fsp3) is 0.875. The summed E-state index contributed by atoms with van der Waals surface area (Å²) in [5.74, 6) is -2.46. The Bertz CT molecular complexity index is 719. The molecule has 0 spiro atoms.